The van der Waals surface area contributed by atoms with Crippen molar-refractivity contribution in [3.8, 4) is 11.5 Å². The Morgan fingerprint density at radius 3 is 1.58 bits per heavy atom. The maximum Gasteiger partial charge on any atom is 0.276 e. The van der Waals surface area contributed by atoms with Gasteiger partial charge in [0, 0.05) is 38.4 Å². The third-order valence-corrected chi connectivity index (χ3v) is 12.5. The number of Topliss-reactive ketones (excluding diaryl/α,β-unsaturated/α-hetero) is 1. The molecule has 0 bridgehead atoms. The number of rotatable bonds is 11. The average Bonchev–Trinajstić information content (AvgIpc) is 3.37. The zero-order valence-electron chi connectivity index (χ0n) is 37.6. The first-order chi connectivity index (χ1) is 33.5. The number of pyridine rings is 2. The summed E-state index contributed by atoms with van der Waals surface area (Å²) in [4.78, 5) is 68.7. The average molecular weight is 1010 g/mol. The lowest BCUT2D eigenvalue weighted by Crippen LogP contribution is -2.53. The summed E-state index contributed by atoms with van der Waals surface area (Å²) in [6.07, 6.45) is 4.29. The Kier molecular flexibility index (Phi) is 15.9. The van der Waals surface area contributed by atoms with E-state index in [9.17, 15) is 32.8 Å². The maximum atomic E-state index is 13.5. The number of aryl methyl sites for hydroxylation is 1. The van der Waals surface area contributed by atoms with E-state index in [4.69, 9.17) is 24.7 Å². The summed E-state index contributed by atoms with van der Waals surface area (Å²) in [6.45, 7) is 3.94. The number of hydrogen-bond acceptors (Lipinski definition) is 10. The normalized spacial score (nSPS) is 16.9. The van der Waals surface area contributed by atoms with E-state index in [0.29, 0.717) is 68.9 Å². The molecule has 2 unspecified atom stereocenters. The second-order valence-corrected chi connectivity index (χ2v) is 17.5. The predicted octanol–water partition coefficient (Wildman–Crippen LogP) is 7.26. The van der Waals surface area contributed by atoms with Crippen LogP contribution in [0.5, 0.6) is 11.5 Å². The van der Waals surface area contributed by atoms with Crippen LogP contribution in [0, 0.1) is 11.6 Å². The number of carbonyl (C=O) groups is 3. The molecule has 2 atom stereocenters. The Bertz CT molecular complexity index is 2900. The van der Waals surface area contributed by atoms with Gasteiger partial charge in [-0.2, -0.15) is 0 Å². The SMILES string of the molecule is NCc1ccc(F)cc1.O=C(CCc1ccc(F)cc1)c1cn2c(c(OCc3ccccc3)c1=O)C(=O)N1CCCOC1C2.O=C1c2c(OCc3ccccc3)c(=O)c(Br)cn2CC2OCCCN12. The first-order valence-electron chi connectivity index (χ1n) is 22.6. The number of nitrogens with two attached hydrogens (primary N) is 1. The highest BCUT2D eigenvalue weighted by Gasteiger charge is 2.40. The Balaban J connectivity index is 0.000000163. The van der Waals surface area contributed by atoms with Crippen LogP contribution >= 0.6 is 15.9 Å². The molecule has 2 saturated heterocycles. The van der Waals surface area contributed by atoms with Gasteiger partial charge < -0.3 is 43.6 Å². The van der Waals surface area contributed by atoms with Gasteiger partial charge in [0.1, 0.15) is 24.8 Å². The fourth-order valence-electron chi connectivity index (χ4n) is 8.32. The van der Waals surface area contributed by atoms with E-state index in [-0.39, 0.29) is 83.3 Å². The van der Waals surface area contributed by atoms with Crippen molar-refractivity contribution in [2.45, 2.75) is 71.0 Å². The van der Waals surface area contributed by atoms with E-state index < -0.39 is 11.7 Å². The van der Waals surface area contributed by atoms with Crippen molar-refractivity contribution >= 4 is 33.5 Å². The number of hydrogen-bond donors (Lipinski definition) is 1. The quantitative estimate of drug-likeness (QED) is 0.131. The number of halogens is 3. The van der Waals surface area contributed by atoms with Gasteiger partial charge in [-0.05, 0) is 81.7 Å². The number of ether oxygens (including phenoxy) is 4. The molecule has 69 heavy (non-hydrogen) atoms. The second kappa shape index (κ2) is 22.5. The van der Waals surface area contributed by atoms with Gasteiger partial charge in [0.2, 0.25) is 10.9 Å². The van der Waals surface area contributed by atoms with Crippen molar-refractivity contribution in [3.63, 3.8) is 0 Å². The minimum absolute atomic E-state index is 0.0315. The molecule has 358 valence electrons. The maximum absolute atomic E-state index is 13.5. The molecule has 4 aliphatic heterocycles. The molecule has 17 heteroatoms. The molecule has 0 spiro atoms. The molecule has 14 nitrogen and oxygen atoms in total. The van der Waals surface area contributed by atoms with E-state index in [1.807, 2.05) is 60.7 Å². The molecule has 0 radical (unpaired) electrons. The zero-order chi connectivity index (χ0) is 48.4. The van der Waals surface area contributed by atoms with Crippen LogP contribution in [0.25, 0.3) is 0 Å². The summed E-state index contributed by atoms with van der Waals surface area (Å²) >= 11 is 3.28. The van der Waals surface area contributed by atoms with E-state index in [1.54, 1.807) is 49.4 Å². The fraction of sp³-hybridized carbons (Fsp3) is 0.288. The molecule has 2 aromatic heterocycles. The highest BCUT2D eigenvalue weighted by atomic mass is 79.9. The van der Waals surface area contributed by atoms with Gasteiger partial charge in [-0.1, -0.05) is 84.9 Å². The molecule has 0 saturated carbocycles. The third-order valence-electron chi connectivity index (χ3n) is 11.9. The number of aromatic nitrogens is 2. The minimum Gasteiger partial charge on any atom is -0.483 e. The lowest BCUT2D eigenvalue weighted by Gasteiger charge is -2.40. The minimum atomic E-state index is -0.596. The van der Waals surface area contributed by atoms with Gasteiger partial charge in [0.05, 0.1) is 36.3 Å². The third kappa shape index (κ3) is 11.6. The van der Waals surface area contributed by atoms with Crippen molar-refractivity contribution in [1.82, 2.24) is 18.9 Å². The first-order valence-corrected chi connectivity index (χ1v) is 23.4. The van der Waals surface area contributed by atoms with Crippen molar-refractivity contribution in [2.24, 2.45) is 5.73 Å². The summed E-state index contributed by atoms with van der Waals surface area (Å²) in [7, 11) is 0. The zero-order valence-corrected chi connectivity index (χ0v) is 39.2. The smallest absolute Gasteiger partial charge is 0.276 e. The van der Waals surface area contributed by atoms with Crippen LogP contribution in [0.3, 0.4) is 0 Å². The highest BCUT2D eigenvalue weighted by Crippen LogP contribution is 2.30. The number of amides is 2. The van der Waals surface area contributed by atoms with Crippen molar-refractivity contribution in [3.05, 3.63) is 197 Å². The van der Waals surface area contributed by atoms with E-state index >= 15 is 0 Å². The Labute approximate surface area is 404 Å². The number of benzene rings is 4. The molecular weight excluding hydrogens is 956 g/mol. The highest BCUT2D eigenvalue weighted by molar-refractivity contribution is 9.10. The van der Waals surface area contributed by atoms with E-state index in [2.05, 4.69) is 15.9 Å². The number of ketones is 1. The topological polar surface area (TPSA) is 165 Å². The Hall–Kier alpha value is -6.79. The van der Waals surface area contributed by atoms with Crippen LogP contribution in [0.1, 0.15) is 72.9 Å². The van der Waals surface area contributed by atoms with Gasteiger partial charge in [-0.25, -0.2) is 8.78 Å². The molecule has 2 N–H and O–H groups in total. The Morgan fingerprint density at radius 1 is 0.623 bits per heavy atom. The summed E-state index contributed by atoms with van der Waals surface area (Å²) < 4.78 is 52.3. The monoisotopic (exact) mass is 1010 g/mol. The Morgan fingerprint density at radius 2 is 1.09 bits per heavy atom. The summed E-state index contributed by atoms with van der Waals surface area (Å²) in [5, 5.41) is 0. The van der Waals surface area contributed by atoms with Crippen LogP contribution in [0.15, 0.2) is 136 Å². The molecule has 2 fully saturated rings. The molecule has 2 amide bonds. The second-order valence-electron chi connectivity index (χ2n) is 16.6. The molecule has 10 rings (SSSR count). The largest absolute Gasteiger partial charge is 0.483 e. The van der Waals surface area contributed by atoms with Crippen LogP contribution in [-0.2, 0) is 48.7 Å². The first kappa shape index (κ1) is 48.7. The lowest BCUT2D eigenvalue weighted by molar-refractivity contribution is -0.0924. The summed E-state index contributed by atoms with van der Waals surface area (Å²) in [5.41, 5.74) is 8.29. The van der Waals surface area contributed by atoms with E-state index in [0.717, 1.165) is 28.7 Å². The van der Waals surface area contributed by atoms with Crippen LogP contribution in [0.4, 0.5) is 8.78 Å². The van der Waals surface area contributed by atoms with Gasteiger partial charge in [-0.3, -0.25) is 24.0 Å². The molecule has 4 aliphatic rings. The molecule has 6 heterocycles. The van der Waals surface area contributed by atoms with Gasteiger partial charge in [-0.15, -0.1) is 0 Å². The predicted molar refractivity (Wildman–Crippen MR) is 255 cm³/mol. The van der Waals surface area contributed by atoms with Crippen LogP contribution < -0.4 is 26.1 Å². The van der Waals surface area contributed by atoms with Crippen molar-refractivity contribution in [2.75, 3.05) is 26.3 Å². The van der Waals surface area contributed by atoms with Crippen molar-refractivity contribution in [1.29, 1.82) is 0 Å². The number of fused-ring (bicyclic) bond motifs is 4. The molecular formula is C52H50BrF2N5O9. The number of nitrogens with zero attached hydrogens (tertiary/aromatic N) is 4. The lowest BCUT2D eigenvalue weighted by atomic mass is 10.0. The molecule has 4 aromatic carbocycles. The summed E-state index contributed by atoms with van der Waals surface area (Å²) in [6, 6.07) is 30.9. The number of carbonyl (C=O) groups excluding carboxylic acids is 3. The van der Waals surface area contributed by atoms with Gasteiger partial charge in [0.15, 0.2) is 41.1 Å². The summed E-state index contributed by atoms with van der Waals surface area (Å²) in [5.74, 6) is -1.51. The van der Waals surface area contributed by atoms with Gasteiger partial charge in [0.25, 0.3) is 11.8 Å². The molecule has 0 aliphatic carbocycles. The van der Waals surface area contributed by atoms with Gasteiger partial charge >= 0.3 is 0 Å². The van der Waals surface area contributed by atoms with Crippen LogP contribution in [-0.4, -0.2) is 75.3 Å². The molecule has 6 aromatic rings. The fourth-order valence-corrected chi connectivity index (χ4v) is 8.74. The van der Waals surface area contributed by atoms with Crippen LogP contribution in [0.2, 0.25) is 0 Å². The standard InChI is InChI=1S/C27H25FN2O5.C18H17BrN2O4.C7H8FN/c28-20-10-7-18(8-11-20)9-12-22(31)21-15-29-16-23-30(13-4-14-34-23)27(33)24(29)26(25(21)32)35-17-19-5-2-1-3-6-19;19-13-9-20-10-14-21(7-4-8-24-14)18(23)15(20)17(16(13)22)25-11-12-5-2-1-3-6-12;8-7-3-1-6(5-9)2-4-7/h1-3,5-8,10-11,15,23H,4,9,12-14,16-17H2;1-3,5-6,9,14H,4,7-8,10-11H2;1-4H,5,9H2. The van der Waals surface area contributed by atoms with Crippen molar-refractivity contribution < 1.29 is 42.1 Å². The van der Waals surface area contributed by atoms with E-state index in [1.165, 1.54) is 30.5 Å².